The van der Waals surface area contributed by atoms with E-state index in [2.05, 4.69) is 21.7 Å². The zero-order chi connectivity index (χ0) is 24.8. The Morgan fingerprint density at radius 2 is 2.00 bits per heavy atom. The highest BCUT2D eigenvalue weighted by Gasteiger charge is 2.18. The molecule has 0 saturated carbocycles. The van der Waals surface area contributed by atoms with Crippen molar-refractivity contribution < 1.29 is 14.6 Å². The second-order valence-electron chi connectivity index (χ2n) is 8.33. The van der Waals surface area contributed by atoms with Gasteiger partial charge >= 0.3 is 5.97 Å². The molecule has 2 aromatic carbocycles. The Hall–Kier alpha value is -3.29. The summed E-state index contributed by atoms with van der Waals surface area (Å²) < 4.78 is 5.92. The summed E-state index contributed by atoms with van der Waals surface area (Å²) in [7, 11) is 0. The van der Waals surface area contributed by atoms with Gasteiger partial charge in [-0.05, 0) is 66.4 Å². The van der Waals surface area contributed by atoms with Crippen LogP contribution in [0.3, 0.4) is 0 Å². The molecule has 7 nitrogen and oxygen atoms in total. The number of fused-ring (bicyclic) bond motifs is 1. The number of ether oxygens (including phenoxy) is 1. The highest BCUT2D eigenvalue weighted by atomic mass is 35.5. The lowest BCUT2D eigenvalue weighted by molar-refractivity contribution is -0.137. The smallest absolute Gasteiger partial charge is 0.305 e. The number of rotatable bonds is 10. The molecular formula is C26H26Cl2N4O3. The average Bonchev–Trinajstić information content (AvgIpc) is 2.83. The van der Waals surface area contributed by atoms with Crippen molar-refractivity contribution in [2.24, 2.45) is 0 Å². The van der Waals surface area contributed by atoms with E-state index in [0.29, 0.717) is 45.6 Å². The molecule has 2 heterocycles. The number of aromatic nitrogens is 1. The van der Waals surface area contributed by atoms with Crippen molar-refractivity contribution in [1.29, 1.82) is 5.41 Å². The normalized spacial score (nSPS) is 13.3. The number of hydrogen-bond acceptors (Lipinski definition) is 6. The Morgan fingerprint density at radius 3 is 2.74 bits per heavy atom. The summed E-state index contributed by atoms with van der Waals surface area (Å²) in [5.74, 6) is 0.610. The van der Waals surface area contributed by atoms with Gasteiger partial charge in [-0.25, -0.2) is 4.98 Å². The first-order valence-corrected chi connectivity index (χ1v) is 12.1. The molecule has 0 saturated heterocycles. The van der Waals surface area contributed by atoms with Gasteiger partial charge in [0.05, 0.1) is 19.1 Å². The standard InChI is InChI=1S/C26H26Cl2N4O3/c27-19-10-17(11-20(28)13-19)24(14-25(33)34)32-23-6-5-22(12-18(23)15-29)35-9-7-21-4-3-16-2-1-8-30-26(16)31-21/h3-6,10-13,15,24,29,32H,1-2,7-9,14H2,(H,30,31)(H,33,34). The molecule has 4 rings (SSSR count). The van der Waals surface area contributed by atoms with E-state index in [0.717, 1.165) is 30.9 Å². The number of hydrogen-bond donors (Lipinski definition) is 4. The van der Waals surface area contributed by atoms with E-state index in [1.165, 1.54) is 11.8 Å². The van der Waals surface area contributed by atoms with Crippen molar-refractivity contribution in [2.75, 3.05) is 23.8 Å². The van der Waals surface area contributed by atoms with Crippen LogP contribution in [0.25, 0.3) is 0 Å². The molecule has 1 aliphatic heterocycles. The maximum absolute atomic E-state index is 11.5. The Kier molecular flexibility index (Phi) is 8.10. The quantitative estimate of drug-likeness (QED) is 0.248. The number of aryl methyl sites for hydroxylation is 1. The molecule has 1 unspecified atom stereocenters. The molecule has 182 valence electrons. The van der Waals surface area contributed by atoms with Gasteiger partial charge in [-0.2, -0.15) is 0 Å². The van der Waals surface area contributed by atoms with E-state index in [1.807, 2.05) is 6.07 Å². The maximum Gasteiger partial charge on any atom is 0.305 e. The van der Waals surface area contributed by atoms with Gasteiger partial charge in [-0.1, -0.05) is 29.3 Å². The van der Waals surface area contributed by atoms with E-state index in [1.54, 1.807) is 36.4 Å². The number of aliphatic carboxylic acids is 1. The fourth-order valence-electron chi connectivity index (χ4n) is 4.05. The summed E-state index contributed by atoms with van der Waals surface area (Å²) >= 11 is 12.2. The number of halogens is 2. The SMILES string of the molecule is N=Cc1cc(OCCc2ccc3c(n2)NCCC3)ccc1NC(CC(=O)O)c1cc(Cl)cc(Cl)c1. The zero-order valence-corrected chi connectivity index (χ0v) is 20.5. The van der Waals surface area contributed by atoms with Gasteiger partial charge in [0.15, 0.2) is 0 Å². The third kappa shape index (κ3) is 6.65. The summed E-state index contributed by atoms with van der Waals surface area (Å²) in [6.45, 7) is 1.39. The molecule has 0 spiro atoms. The van der Waals surface area contributed by atoms with Crippen LogP contribution in [0.15, 0.2) is 48.5 Å². The molecule has 0 radical (unpaired) electrons. The van der Waals surface area contributed by atoms with Gasteiger partial charge in [0, 0.05) is 46.2 Å². The summed E-state index contributed by atoms with van der Waals surface area (Å²) in [5.41, 5.74) is 4.04. The molecule has 1 aliphatic rings. The Bertz CT molecular complexity index is 1210. The van der Waals surface area contributed by atoms with Gasteiger partial charge in [0.2, 0.25) is 0 Å². The third-order valence-electron chi connectivity index (χ3n) is 5.75. The fourth-order valence-corrected chi connectivity index (χ4v) is 4.60. The van der Waals surface area contributed by atoms with Crippen LogP contribution in [-0.4, -0.2) is 35.4 Å². The van der Waals surface area contributed by atoms with E-state index >= 15 is 0 Å². The number of anilines is 2. The maximum atomic E-state index is 11.5. The lowest BCUT2D eigenvalue weighted by atomic mass is 10.0. The third-order valence-corrected chi connectivity index (χ3v) is 6.19. The number of nitrogens with zero attached hydrogens (tertiary/aromatic N) is 1. The van der Waals surface area contributed by atoms with Crippen LogP contribution in [0.2, 0.25) is 10.0 Å². The molecule has 0 bridgehead atoms. The van der Waals surface area contributed by atoms with E-state index < -0.39 is 12.0 Å². The van der Waals surface area contributed by atoms with Crippen LogP contribution >= 0.6 is 23.2 Å². The second-order valence-corrected chi connectivity index (χ2v) is 9.20. The monoisotopic (exact) mass is 512 g/mol. The largest absolute Gasteiger partial charge is 0.493 e. The van der Waals surface area contributed by atoms with E-state index in [9.17, 15) is 9.90 Å². The molecule has 0 amide bonds. The first-order valence-electron chi connectivity index (χ1n) is 11.4. The number of carboxylic acid groups (broad SMARTS) is 1. The minimum absolute atomic E-state index is 0.186. The molecule has 0 fully saturated rings. The van der Waals surface area contributed by atoms with Crippen molar-refractivity contribution in [1.82, 2.24) is 4.98 Å². The Labute approximate surface area is 214 Å². The second kappa shape index (κ2) is 11.4. The highest BCUT2D eigenvalue weighted by Crippen LogP contribution is 2.30. The van der Waals surface area contributed by atoms with Gasteiger partial charge in [0.25, 0.3) is 0 Å². The summed E-state index contributed by atoms with van der Waals surface area (Å²) in [4.78, 5) is 16.2. The first-order chi connectivity index (χ1) is 16.9. The summed E-state index contributed by atoms with van der Waals surface area (Å²) in [6.07, 6.45) is 3.85. The number of carboxylic acids is 1. The zero-order valence-electron chi connectivity index (χ0n) is 19.0. The summed E-state index contributed by atoms with van der Waals surface area (Å²) in [5, 5.41) is 24.7. The van der Waals surface area contributed by atoms with Gasteiger partial charge in [0.1, 0.15) is 11.6 Å². The average molecular weight is 513 g/mol. The van der Waals surface area contributed by atoms with Gasteiger partial charge in [-0.3, -0.25) is 4.79 Å². The highest BCUT2D eigenvalue weighted by molar-refractivity contribution is 6.34. The van der Waals surface area contributed by atoms with Crippen LogP contribution < -0.4 is 15.4 Å². The number of nitrogens with one attached hydrogen (secondary N) is 3. The number of carbonyl (C=O) groups is 1. The van der Waals surface area contributed by atoms with Crippen LogP contribution in [-0.2, 0) is 17.6 Å². The molecule has 3 aromatic rings. The molecule has 35 heavy (non-hydrogen) atoms. The van der Waals surface area contributed by atoms with Crippen LogP contribution in [0, 0.1) is 5.41 Å². The molecule has 1 atom stereocenters. The predicted octanol–water partition coefficient (Wildman–Crippen LogP) is 5.99. The minimum Gasteiger partial charge on any atom is -0.493 e. The van der Waals surface area contributed by atoms with Crippen molar-refractivity contribution >= 4 is 46.9 Å². The molecule has 1 aromatic heterocycles. The molecule has 4 N–H and O–H groups in total. The minimum atomic E-state index is -0.971. The molecule has 9 heteroatoms. The number of pyridine rings is 1. The predicted molar refractivity (Wildman–Crippen MR) is 140 cm³/mol. The fraction of sp³-hybridized carbons (Fsp3) is 0.269. The number of benzene rings is 2. The van der Waals surface area contributed by atoms with Crippen molar-refractivity contribution in [3.8, 4) is 5.75 Å². The lowest BCUT2D eigenvalue weighted by Gasteiger charge is -2.21. The van der Waals surface area contributed by atoms with E-state index in [4.69, 9.17) is 33.3 Å². The molecule has 0 aliphatic carbocycles. The van der Waals surface area contributed by atoms with Crippen LogP contribution in [0.1, 0.15) is 41.3 Å². The van der Waals surface area contributed by atoms with Gasteiger partial charge in [-0.15, -0.1) is 0 Å². The summed E-state index contributed by atoms with van der Waals surface area (Å²) in [6, 6.07) is 13.8. The van der Waals surface area contributed by atoms with Crippen LogP contribution in [0.5, 0.6) is 5.75 Å². The lowest BCUT2D eigenvalue weighted by Crippen LogP contribution is -2.16. The van der Waals surface area contributed by atoms with Crippen molar-refractivity contribution in [2.45, 2.75) is 31.7 Å². The Morgan fingerprint density at radius 1 is 1.20 bits per heavy atom. The van der Waals surface area contributed by atoms with Crippen molar-refractivity contribution in [3.63, 3.8) is 0 Å². The van der Waals surface area contributed by atoms with Crippen LogP contribution in [0.4, 0.5) is 11.5 Å². The Balaban J connectivity index is 1.44. The van der Waals surface area contributed by atoms with Gasteiger partial charge < -0.3 is 25.9 Å². The van der Waals surface area contributed by atoms with E-state index in [-0.39, 0.29) is 6.42 Å². The molecular weight excluding hydrogens is 487 g/mol. The first kappa shape index (κ1) is 24.8. The topological polar surface area (TPSA) is 107 Å². The van der Waals surface area contributed by atoms with Crippen molar-refractivity contribution in [3.05, 3.63) is 81.0 Å².